The molecule has 90 valence electrons. The van der Waals surface area contributed by atoms with Gasteiger partial charge in [0.2, 0.25) is 8.32 Å². The molecular weight excluding hydrogens is 214 g/mol. The van der Waals surface area contributed by atoms with Crippen molar-refractivity contribution in [1.82, 2.24) is 4.57 Å². The summed E-state index contributed by atoms with van der Waals surface area (Å²) < 4.78 is 8.17. The molecule has 0 aromatic carbocycles. The highest BCUT2D eigenvalue weighted by Crippen LogP contribution is 2.23. The molecule has 0 unspecified atom stereocenters. The third-order valence-corrected chi connectivity index (χ3v) is 2.65. The van der Waals surface area contributed by atoms with Gasteiger partial charge < -0.3 is 4.43 Å². The standard InChI is InChI=1S/C13H23NOSi/c1-13(2,3)11-12(15-16(4,5)6)14-9-7-8-10-14/h7-11H,1-6H3/b12-11+. The fraction of sp³-hybridized carbons (Fsp3) is 0.538. The summed E-state index contributed by atoms with van der Waals surface area (Å²) in [6, 6.07) is 4.04. The van der Waals surface area contributed by atoms with Crippen molar-refractivity contribution in [1.29, 1.82) is 0 Å². The van der Waals surface area contributed by atoms with E-state index in [1.807, 2.05) is 29.1 Å². The van der Waals surface area contributed by atoms with Gasteiger partial charge in [-0.1, -0.05) is 20.8 Å². The van der Waals surface area contributed by atoms with Crippen molar-refractivity contribution in [3.63, 3.8) is 0 Å². The largest absolute Gasteiger partial charge is 0.533 e. The molecule has 0 fully saturated rings. The average molecular weight is 237 g/mol. The average Bonchev–Trinajstić information content (AvgIpc) is 2.47. The van der Waals surface area contributed by atoms with Gasteiger partial charge in [0, 0.05) is 12.4 Å². The van der Waals surface area contributed by atoms with E-state index in [0.29, 0.717) is 0 Å². The van der Waals surface area contributed by atoms with Gasteiger partial charge in [-0.05, 0) is 43.3 Å². The zero-order chi connectivity index (χ0) is 12.4. The van der Waals surface area contributed by atoms with Crippen molar-refractivity contribution < 1.29 is 4.43 Å². The highest BCUT2D eigenvalue weighted by Gasteiger charge is 2.20. The van der Waals surface area contributed by atoms with E-state index in [0.717, 1.165) is 5.88 Å². The topological polar surface area (TPSA) is 14.2 Å². The first-order valence-electron chi connectivity index (χ1n) is 5.73. The Balaban J connectivity index is 3.01. The van der Waals surface area contributed by atoms with Gasteiger partial charge in [-0.25, -0.2) is 0 Å². The monoisotopic (exact) mass is 237 g/mol. The molecular formula is C13H23NOSi. The minimum Gasteiger partial charge on any atom is -0.533 e. The minimum atomic E-state index is -1.57. The number of nitrogens with zero attached hydrogens (tertiary/aromatic N) is 1. The van der Waals surface area contributed by atoms with E-state index < -0.39 is 8.32 Å². The van der Waals surface area contributed by atoms with Crippen molar-refractivity contribution in [3.05, 3.63) is 30.6 Å². The molecule has 0 aliphatic carbocycles. The van der Waals surface area contributed by atoms with Crippen LogP contribution in [0.25, 0.3) is 5.88 Å². The second-order valence-electron chi connectivity index (χ2n) is 6.15. The predicted octanol–water partition coefficient (Wildman–Crippen LogP) is 4.18. The van der Waals surface area contributed by atoms with Gasteiger partial charge in [0.25, 0.3) is 0 Å². The summed E-state index contributed by atoms with van der Waals surface area (Å²) in [6.07, 6.45) is 6.24. The molecule has 0 amide bonds. The Kier molecular flexibility index (Phi) is 3.68. The maximum atomic E-state index is 6.12. The van der Waals surface area contributed by atoms with Crippen LogP contribution in [0.3, 0.4) is 0 Å². The molecule has 0 bridgehead atoms. The van der Waals surface area contributed by atoms with Gasteiger partial charge in [-0.2, -0.15) is 0 Å². The molecule has 0 N–H and O–H groups in total. The predicted molar refractivity (Wildman–Crippen MR) is 72.6 cm³/mol. The number of hydrogen-bond donors (Lipinski definition) is 0. The van der Waals surface area contributed by atoms with E-state index in [-0.39, 0.29) is 5.41 Å². The van der Waals surface area contributed by atoms with Crippen LogP contribution >= 0.6 is 0 Å². The van der Waals surface area contributed by atoms with Crippen LogP contribution in [-0.4, -0.2) is 12.9 Å². The molecule has 2 nitrogen and oxygen atoms in total. The van der Waals surface area contributed by atoms with Crippen LogP contribution in [0.5, 0.6) is 0 Å². The molecule has 1 aromatic rings. The summed E-state index contributed by atoms with van der Waals surface area (Å²) in [6.45, 7) is 13.2. The van der Waals surface area contributed by atoms with E-state index >= 15 is 0 Å². The number of allylic oxidation sites excluding steroid dienone is 1. The summed E-state index contributed by atoms with van der Waals surface area (Å²) in [4.78, 5) is 0. The third kappa shape index (κ3) is 4.70. The van der Waals surface area contributed by atoms with Crippen molar-refractivity contribution in [2.45, 2.75) is 40.4 Å². The lowest BCUT2D eigenvalue weighted by atomic mass is 9.97. The Morgan fingerprint density at radius 2 is 1.62 bits per heavy atom. The Hall–Kier alpha value is -0.963. The van der Waals surface area contributed by atoms with Crippen LogP contribution in [-0.2, 0) is 4.43 Å². The van der Waals surface area contributed by atoms with Gasteiger partial charge in [0.15, 0.2) is 5.88 Å². The van der Waals surface area contributed by atoms with E-state index in [4.69, 9.17) is 4.43 Å². The summed E-state index contributed by atoms with van der Waals surface area (Å²) in [5, 5.41) is 0. The van der Waals surface area contributed by atoms with Crippen LogP contribution < -0.4 is 0 Å². The molecule has 0 aliphatic rings. The number of rotatable bonds is 3. The fourth-order valence-corrected chi connectivity index (χ4v) is 2.11. The van der Waals surface area contributed by atoms with E-state index in [1.54, 1.807) is 0 Å². The quantitative estimate of drug-likeness (QED) is 0.568. The van der Waals surface area contributed by atoms with Crippen LogP contribution in [0.4, 0.5) is 0 Å². The molecule has 3 heteroatoms. The van der Waals surface area contributed by atoms with Crippen LogP contribution in [0.2, 0.25) is 19.6 Å². The maximum absolute atomic E-state index is 6.12. The highest BCUT2D eigenvalue weighted by atomic mass is 28.4. The Morgan fingerprint density at radius 1 is 1.12 bits per heavy atom. The zero-order valence-corrected chi connectivity index (χ0v) is 12.2. The highest BCUT2D eigenvalue weighted by molar-refractivity contribution is 6.70. The van der Waals surface area contributed by atoms with Gasteiger partial charge in [-0.15, -0.1) is 0 Å². The first kappa shape index (κ1) is 13.1. The lowest BCUT2D eigenvalue weighted by molar-refractivity contribution is 0.453. The molecule has 1 heterocycles. The smallest absolute Gasteiger partial charge is 0.244 e. The van der Waals surface area contributed by atoms with E-state index in [2.05, 4.69) is 46.5 Å². The number of aromatic nitrogens is 1. The number of hydrogen-bond acceptors (Lipinski definition) is 1. The molecule has 0 saturated carbocycles. The van der Waals surface area contributed by atoms with Gasteiger partial charge in [0.1, 0.15) is 0 Å². The third-order valence-electron chi connectivity index (χ3n) is 1.83. The second-order valence-corrected chi connectivity index (χ2v) is 10.6. The first-order chi connectivity index (χ1) is 7.17. The summed E-state index contributed by atoms with van der Waals surface area (Å²) in [5.74, 6) is 0.955. The lowest BCUT2D eigenvalue weighted by Gasteiger charge is -2.25. The first-order valence-corrected chi connectivity index (χ1v) is 9.13. The molecule has 0 atom stereocenters. The van der Waals surface area contributed by atoms with E-state index in [1.165, 1.54) is 0 Å². The molecule has 0 spiro atoms. The molecule has 0 radical (unpaired) electrons. The Labute approximate surface area is 100 Å². The second kappa shape index (κ2) is 4.50. The lowest BCUT2D eigenvalue weighted by Crippen LogP contribution is -2.26. The van der Waals surface area contributed by atoms with Crippen LogP contribution in [0.1, 0.15) is 20.8 Å². The Morgan fingerprint density at radius 3 is 2.00 bits per heavy atom. The Bertz CT molecular complexity index is 352. The molecule has 0 aliphatic heterocycles. The minimum absolute atomic E-state index is 0.124. The van der Waals surface area contributed by atoms with Gasteiger partial charge >= 0.3 is 0 Å². The summed E-state index contributed by atoms with van der Waals surface area (Å²) in [7, 11) is -1.57. The van der Waals surface area contributed by atoms with Gasteiger partial charge in [0.05, 0.1) is 0 Å². The zero-order valence-electron chi connectivity index (χ0n) is 11.2. The fourth-order valence-electron chi connectivity index (χ4n) is 1.32. The SMILES string of the molecule is CC(C)(C)/C=C(/O[Si](C)(C)C)n1cccc1. The normalized spacial score (nSPS) is 14.0. The van der Waals surface area contributed by atoms with Gasteiger partial charge in [-0.3, -0.25) is 4.57 Å². The molecule has 16 heavy (non-hydrogen) atoms. The maximum Gasteiger partial charge on any atom is 0.244 e. The van der Waals surface area contributed by atoms with Crippen molar-refractivity contribution in [2.24, 2.45) is 5.41 Å². The van der Waals surface area contributed by atoms with Crippen LogP contribution in [0, 0.1) is 5.41 Å². The summed E-state index contributed by atoms with van der Waals surface area (Å²) >= 11 is 0. The molecule has 1 aromatic heterocycles. The molecule has 1 rings (SSSR count). The van der Waals surface area contributed by atoms with Crippen molar-refractivity contribution >= 4 is 14.2 Å². The van der Waals surface area contributed by atoms with Crippen molar-refractivity contribution in [2.75, 3.05) is 0 Å². The van der Waals surface area contributed by atoms with Crippen molar-refractivity contribution in [3.8, 4) is 0 Å². The van der Waals surface area contributed by atoms with Crippen LogP contribution in [0.15, 0.2) is 30.6 Å². The molecule has 0 saturated heterocycles. The van der Waals surface area contributed by atoms with E-state index in [9.17, 15) is 0 Å². The summed E-state index contributed by atoms with van der Waals surface area (Å²) in [5.41, 5.74) is 0.124.